The van der Waals surface area contributed by atoms with Gasteiger partial charge in [0.05, 0.1) is 6.42 Å². The lowest BCUT2D eigenvalue weighted by molar-refractivity contribution is -0.122. The molecule has 1 aliphatic carbocycles. The highest BCUT2D eigenvalue weighted by Crippen LogP contribution is 2.28. The van der Waals surface area contributed by atoms with E-state index in [0.29, 0.717) is 13.0 Å². The van der Waals surface area contributed by atoms with Gasteiger partial charge in [0.2, 0.25) is 11.8 Å². The second-order valence-corrected chi connectivity index (χ2v) is 5.03. The minimum absolute atomic E-state index is 0.0594. The molecule has 1 aromatic rings. The Labute approximate surface area is 106 Å². The molecule has 1 heterocycles. The van der Waals surface area contributed by atoms with E-state index in [1.54, 1.807) is 0 Å². The Morgan fingerprint density at radius 3 is 3.00 bits per heavy atom. The smallest absolute Gasteiger partial charge is 0.228 e. The highest BCUT2D eigenvalue weighted by atomic mass is 16.2. The summed E-state index contributed by atoms with van der Waals surface area (Å²) in [6.07, 6.45) is 3.37. The Kier molecular flexibility index (Phi) is 2.78. The largest absolute Gasteiger partial charge is 0.356 e. The van der Waals surface area contributed by atoms with Gasteiger partial charge in [-0.15, -0.1) is 0 Å². The van der Waals surface area contributed by atoms with Crippen LogP contribution in [0.3, 0.4) is 0 Å². The predicted molar refractivity (Wildman–Crippen MR) is 68.2 cm³/mol. The van der Waals surface area contributed by atoms with Gasteiger partial charge in [0, 0.05) is 18.2 Å². The molecule has 3 rings (SSSR count). The lowest BCUT2D eigenvalue weighted by atomic mass is 10.1. The van der Waals surface area contributed by atoms with Crippen LogP contribution in [0.15, 0.2) is 18.2 Å². The van der Waals surface area contributed by atoms with E-state index in [1.165, 1.54) is 5.56 Å². The van der Waals surface area contributed by atoms with E-state index in [1.807, 2.05) is 12.1 Å². The summed E-state index contributed by atoms with van der Waals surface area (Å²) in [5, 5.41) is 5.76. The SMILES string of the molecule is O=C1Cc2cc(CCNC(=O)C3CC3)ccc2N1. The number of hydrogen-bond donors (Lipinski definition) is 2. The number of benzene rings is 1. The first-order valence-electron chi connectivity index (χ1n) is 6.42. The fourth-order valence-electron chi connectivity index (χ4n) is 2.26. The standard InChI is InChI=1S/C14H16N2O2/c17-13-8-11-7-9(1-4-12(11)16-13)5-6-15-14(18)10-2-3-10/h1,4,7,10H,2-3,5-6,8H2,(H,15,18)(H,16,17). The van der Waals surface area contributed by atoms with Gasteiger partial charge in [0.1, 0.15) is 0 Å². The van der Waals surface area contributed by atoms with E-state index >= 15 is 0 Å². The van der Waals surface area contributed by atoms with Crippen LogP contribution in [-0.4, -0.2) is 18.4 Å². The second kappa shape index (κ2) is 4.44. The molecule has 2 amide bonds. The Hall–Kier alpha value is -1.84. The number of hydrogen-bond acceptors (Lipinski definition) is 2. The first kappa shape index (κ1) is 11.3. The van der Waals surface area contributed by atoms with E-state index < -0.39 is 0 Å². The zero-order valence-electron chi connectivity index (χ0n) is 10.2. The Bertz CT molecular complexity index is 507. The monoisotopic (exact) mass is 244 g/mol. The molecule has 1 fully saturated rings. The van der Waals surface area contributed by atoms with Crippen LogP contribution < -0.4 is 10.6 Å². The van der Waals surface area contributed by atoms with Crippen molar-refractivity contribution in [1.29, 1.82) is 0 Å². The maximum Gasteiger partial charge on any atom is 0.228 e. The summed E-state index contributed by atoms with van der Waals surface area (Å²) in [7, 11) is 0. The molecular weight excluding hydrogens is 228 g/mol. The van der Waals surface area contributed by atoms with E-state index in [0.717, 1.165) is 30.5 Å². The fraction of sp³-hybridized carbons (Fsp3) is 0.429. The molecule has 94 valence electrons. The van der Waals surface area contributed by atoms with E-state index in [-0.39, 0.29) is 17.7 Å². The molecule has 0 bridgehead atoms. The first-order chi connectivity index (χ1) is 8.72. The molecule has 1 saturated carbocycles. The molecule has 0 unspecified atom stereocenters. The molecule has 4 nitrogen and oxygen atoms in total. The lowest BCUT2D eigenvalue weighted by Crippen LogP contribution is -2.26. The third-order valence-electron chi connectivity index (χ3n) is 3.46. The Morgan fingerprint density at radius 2 is 2.22 bits per heavy atom. The lowest BCUT2D eigenvalue weighted by Gasteiger charge is -2.06. The van der Waals surface area contributed by atoms with E-state index in [9.17, 15) is 9.59 Å². The number of amides is 2. The van der Waals surface area contributed by atoms with Gasteiger partial charge in [-0.2, -0.15) is 0 Å². The number of carbonyl (C=O) groups excluding carboxylic acids is 2. The summed E-state index contributed by atoms with van der Waals surface area (Å²) in [5.74, 6) is 0.518. The third kappa shape index (κ3) is 2.37. The van der Waals surface area contributed by atoms with Gasteiger partial charge in [-0.3, -0.25) is 9.59 Å². The minimum atomic E-state index is 0.0594. The summed E-state index contributed by atoms with van der Waals surface area (Å²) in [6.45, 7) is 0.676. The fourth-order valence-corrected chi connectivity index (χ4v) is 2.26. The van der Waals surface area contributed by atoms with Crippen LogP contribution in [0.25, 0.3) is 0 Å². The van der Waals surface area contributed by atoms with Crippen LogP contribution >= 0.6 is 0 Å². The number of fused-ring (bicyclic) bond motifs is 1. The molecule has 2 aliphatic rings. The zero-order valence-corrected chi connectivity index (χ0v) is 10.2. The first-order valence-corrected chi connectivity index (χ1v) is 6.42. The molecule has 0 spiro atoms. The molecule has 18 heavy (non-hydrogen) atoms. The Morgan fingerprint density at radius 1 is 1.39 bits per heavy atom. The van der Waals surface area contributed by atoms with Crippen LogP contribution in [0.1, 0.15) is 24.0 Å². The average Bonchev–Trinajstić information content (AvgIpc) is 3.11. The van der Waals surface area contributed by atoms with Crippen molar-refractivity contribution in [3.8, 4) is 0 Å². The third-order valence-corrected chi connectivity index (χ3v) is 3.46. The summed E-state index contributed by atoms with van der Waals surface area (Å²) < 4.78 is 0. The van der Waals surface area contributed by atoms with Crippen LogP contribution in [-0.2, 0) is 22.4 Å². The van der Waals surface area contributed by atoms with Gasteiger partial charge in [-0.05, 0) is 36.5 Å². The molecule has 4 heteroatoms. The van der Waals surface area contributed by atoms with Gasteiger partial charge in [0.25, 0.3) is 0 Å². The summed E-state index contributed by atoms with van der Waals surface area (Å²) in [5.41, 5.74) is 3.15. The maximum absolute atomic E-state index is 11.5. The zero-order chi connectivity index (χ0) is 12.5. The highest BCUT2D eigenvalue weighted by molar-refractivity contribution is 5.99. The van der Waals surface area contributed by atoms with Crippen molar-refractivity contribution >= 4 is 17.5 Å². The highest BCUT2D eigenvalue weighted by Gasteiger charge is 2.29. The van der Waals surface area contributed by atoms with E-state index in [4.69, 9.17) is 0 Å². The van der Waals surface area contributed by atoms with Crippen molar-refractivity contribution in [2.45, 2.75) is 25.7 Å². The molecule has 2 N–H and O–H groups in total. The molecule has 1 aliphatic heterocycles. The van der Waals surface area contributed by atoms with Gasteiger partial charge in [-0.1, -0.05) is 12.1 Å². The average molecular weight is 244 g/mol. The molecule has 0 radical (unpaired) electrons. The second-order valence-electron chi connectivity index (χ2n) is 5.03. The summed E-state index contributed by atoms with van der Waals surface area (Å²) in [6, 6.07) is 6.00. The van der Waals surface area contributed by atoms with Crippen LogP contribution in [0.2, 0.25) is 0 Å². The van der Waals surface area contributed by atoms with Gasteiger partial charge < -0.3 is 10.6 Å². The van der Waals surface area contributed by atoms with Crippen LogP contribution in [0.4, 0.5) is 5.69 Å². The maximum atomic E-state index is 11.5. The van der Waals surface area contributed by atoms with Gasteiger partial charge in [-0.25, -0.2) is 0 Å². The van der Waals surface area contributed by atoms with Crippen LogP contribution in [0.5, 0.6) is 0 Å². The quantitative estimate of drug-likeness (QED) is 0.837. The molecular formula is C14H16N2O2. The predicted octanol–water partition coefficient (Wildman–Crippen LogP) is 1.25. The number of anilines is 1. The van der Waals surface area contributed by atoms with Crippen molar-refractivity contribution in [2.75, 3.05) is 11.9 Å². The topological polar surface area (TPSA) is 58.2 Å². The minimum Gasteiger partial charge on any atom is -0.356 e. The number of carbonyl (C=O) groups is 2. The molecule has 0 saturated heterocycles. The van der Waals surface area contributed by atoms with Crippen molar-refractivity contribution in [3.63, 3.8) is 0 Å². The summed E-state index contributed by atoms with van der Waals surface area (Å²) >= 11 is 0. The molecule has 0 atom stereocenters. The normalized spacial score (nSPS) is 17.2. The van der Waals surface area contributed by atoms with Crippen molar-refractivity contribution in [3.05, 3.63) is 29.3 Å². The summed E-state index contributed by atoms with van der Waals surface area (Å²) in [4.78, 5) is 22.7. The van der Waals surface area contributed by atoms with E-state index in [2.05, 4.69) is 16.7 Å². The van der Waals surface area contributed by atoms with Crippen LogP contribution in [0, 0.1) is 5.92 Å². The molecule has 0 aromatic heterocycles. The van der Waals surface area contributed by atoms with Crippen molar-refractivity contribution < 1.29 is 9.59 Å². The van der Waals surface area contributed by atoms with Crippen molar-refractivity contribution in [1.82, 2.24) is 5.32 Å². The number of rotatable bonds is 4. The Balaban J connectivity index is 1.55. The number of nitrogens with one attached hydrogen (secondary N) is 2. The van der Waals surface area contributed by atoms with Crippen molar-refractivity contribution in [2.24, 2.45) is 5.92 Å². The van der Waals surface area contributed by atoms with Gasteiger partial charge >= 0.3 is 0 Å². The van der Waals surface area contributed by atoms with Gasteiger partial charge in [0.15, 0.2) is 0 Å². The molecule has 1 aromatic carbocycles.